The number of nitrogens with one attached hydrogen (secondary N) is 1. The monoisotopic (exact) mass is 325 g/mol. The molecule has 23 heavy (non-hydrogen) atoms. The third-order valence-corrected chi connectivity index (χ3v) is 3.33. The van der Waals surface area contributed by atoms with E-state index >= 15 is 0 Å². The molecule has 1 atom stereocenters. The maximum atomic E-state index is 12.5. The van der Waals surface area contributed by atoms with Crippen LogP contribution in [0, 0.1) is 5.92 Å². The van der Waals surface area contributed by atoms with Gasteiger partial charge in [-0.2, -0.15) is 13.2 Å². The molecule has 0 aliphatic heterocycles. The van der Waals surface area contributed by atoms with Crippen molar-refractivity contribution < 1.29 is 18.0 Å². The van der Waals surface area contributed by atoms with Crippen LogP contribution in [0.4, 0.5) is 19.0 Å². The Labute approximate surface area is 132 Å². The summed E-state index contributed by atoms with van der Waals surface area (Å²) in [6.07, 6.45) is 0.449. The zero-order chi connectivity index (χ0) is 17.0. The molecule has 0 radical (unpaired) electrons. The van der Waals surface area contributed by atoms with Crippen molar-refractivity contribution in [3.63, 3.8) is 0 Å². The minimum Gasteiger partial charge on any atom is -0.342 e. The van der Waals surface area contributed by atoms with Gasteiger partial charge in [0.25, 0.3) is 0 Å². The van der Waals surface area contributed by atoms with Crippen LogP contribution < -0.4 is 5.32 Å². The van der Waals surface area contributed by atoms with E-state index in [0.29, 0.717) is 12.6 Å². The molecule has 7 heteroatoms. The van der Waals surface area contributed by atoms with Crippen LogP contribution in [0.3, 0.4) is 0 Å². The van der Waals surface area contributed by atoms with Crippen molar-refractivity contribution >= 4 is 11.7 Å². The smallest absolute Gasteiger partial charge is 0.342 e. The maximum absolute atomic E-state index is 12.5. The summed E-state index contributed by atoms with van der Waals surface area (Å²) in [6.45, 7) is 4.00. The third kappa shape index (κ3) is 4.58. The number of nitrogens with zero attached hydrogens (tertiary/aromatic N) is 2. The van der Waals surface area contributed by atoms with Gasteiger partial charge in [0.1, 0.15) is 11.9 Å². The second kappa shape index (κ2) is 6.85. The van der Waals surface area contributed by atoms with E-state index in [9.17, 15) is 18.0 Å². The first-order valence-electron chi connectivity index (χ1n) is 7.24. The molecular weight excluding hydrogens is 307 g/mol. The number of aromatic nitrogens is 2. The number of carbonyl (C=O) groups excluding carboxylic acids is 1. The first-order chi connectivity index (χ1) is 10.8. The quantitative estimate of drug-likeness (QED) is 0.898. The Hall–Kier alpha value is -2.31. The summed E-state index contributed by atoms with van der Waals surface area (Å²) in [6, 6.07) is 5.25. The Bertz CT molecular complexity index is 634. The van der Waals surface area contributed by atoms with Crippen LogP contribution in [0.2, 0.25) is 0 Å². The summed E-state index contributed by atoms with van der Waals surface area (Å²) in [5.41, 5.74) is -0.848. The largest absolute Gasteiger partial charge is 0.417 e. The summed E-state index contributed by atoms with van der Waals surface area (Å²) in [7, 11) is 0. The van der Waals surface area contributed by atoms with Crippen LogP contribution in [-0.4, -0.2) is 15.5 Å². The first-order valence-corrected chi connectivity index (χ1v) is 7.24. The normalized spacial score (nSPS) is 13.1. The van der Waals surface area contributed by atoms with Gasteiger partial charge in [0, 0.05) is 18.6 Å². The summed E-state index contributed by atoms with van der Waals surface area (Å²) in [4.78, 5) is 16.1. The number of anilines is 1. The van der Waals surface area contributed by atoms with Gasteiger partial charge in [0.15, 0.2) is 0 Å². The molecule has 0 bridgehead atoms. The fourth-order valence-corrected chi connectivity index (χ4v) is 2.21. The topological polar surface area (TPSA) is 46.9 Å². The molecule has 0 aromatic carbocycles. The number of alkyl halides is 3. The second-order valence-corrected chi connectivity index (χ2v) is 5.69. The number of carbonyl (C=O) groups is 1. The van der Waals surface area contributed by atoms with Gasteiger partial charge in [-0.25, -0.2) is 4.98 Å². The number of pyridine rings is 1. The van der Waals surface area contributed by atoms with Crippen LogP contribution in [0.25, 0.3) is 0 Å². The molecule has 0 spiro atoms. The van der Waals surface area contributed by atoms with Gasteiger partial charge in [-0.05, 0) is 36.6 Å². The molecule has 0 fully saturated rings. The van der Waals surface area contributed by atoms with E-state index in [4.69, 9.17) is 0 Å². The van der Waals surface area contributed by atoms with Gasteiger partial charge in [0.05, 0.1) is 5.56 Å². The predicted octanol–water partition coefficient (Wildman–Crippen LogP) is 4.13. The molecule has 0 saturated heterocycles. The van der Waals surface area contributed by atoms with Crippen LogP contribution in [-0.2, 0) is 11.0 Å². The lowest BCUT2D eigenvalue weighted by Gasteiger charge is -2.20. The average molecular weight is 325 g/mol. The molecule has 2 aromatic heterocycles. The van der Waals surface area contributed by atoms with Crippen LogP contribution >= 0.6 is 0 Å². The predicted molar refractivity (Wildman–Crippen MR) is 80.8 cm³/mol. The van der Waals surface area contributed by atoms with Crippen molar-refractivity contribution in [3.8, 4) is 0 Å². The SMILES string of the molecule is CC(C)CC(C(=O)Nc1ccc(C(F)(F)F)cn1)n1cccc1. The van der Waals surface area contributed by atoms with Crippen LogP contribution in [0.5, 0.6) is 0 Å². The number of amides is 1. The first kappa shape index (κ1) is 17.1. The number of rotatable bonds is 5. The summed E-state index contributed by atoms with van der Waals surface area (Å²) in [5.74, 6) is 0.0831. The molecular formula is C16H18F3N3O. The van der Waals surface area contributed by atoms with E-state index < -0.39 is 17.8 Å². The van der Waals surface area contributed by atoms with Gasteiger partial charge in [-0.15, -0.1) is 0 Å². The van der Waals surface area contributed by atoms with Crippen molar-refractivity contribution in [3.05, 3.63) is 48.4 Å². The van der Waals surface area contributed by atoms with E-state index in [1.807, 2.05) is 26.0 Å². The Kier molecular flexibility index (Phi) is 5.08. The molecule has 0 saturated carbocycles. The minimum atomic E-state index is -4.44. The lowest BCUT2D eigenvalue weighted by Crippen LogP contribution is -2.27. The van der Waals surface area contributed by atoms with E-state index in [1.165, 1.54) is 0 Å². The molecule has 2 rings (SSSR count). The molecule has 4 nitrogen and oxygen atoms in total. The minimum absolute atomic E-state index is 0.101. The Morgan fingerprint density at radius 3 is 2.39 bits per heavy atom. The van der Waals surface area contributed by atoms with E-state index in [0.717, 1.165) is 12.1 Å². The Morgan fingerprint density at radius 1 is 1.26 bits per heavy atom. The highest BCUT2D eigenvalue weighted by Gasteiger charge is 2.30. The van der Waals surface area contributed by atoms with Crippen LogP contribution in [0.15, 0.2) is 42.9 Å². The second-order valence-electron chi connectivity index (χ2n) is 5.69. The fraction of sp³-hybridized carbons (Fsp3) is 0.375. The van der Waals surface area contributed by atoms with Gasteiger partial charge in [0.2, 0.25) is 5.91 Å². The molecule has 1 N–H and O–H groups in total. The van der Waals surface area contributed by atoms with E-state index in [2.05, 4.69) is 10.3 Å². The van der Waals surface area contributed by atoms with Gasteiger partial charge in [-0.1, -0.05) is 13.8 Å². The molecule has 124 valence electrons. The maximum Gasteiger partial charge on any atom is 0.417 e. The van der Waals surface area contributed by atoms with Crippen molar-refractivity contribution in [2.45, 2.75) is 32.5 Å². The van der Waals surface area contributed by atoms with Crippen molar-refractivity contribution in [2.75, 3.05) is 5.32 Å². The average Bonchev–Trinajstić information content (AvgIpc) is 2.98. The standard InChI is InChI=1S/C16H18F3N3O/c1-11(2)9-13(22-7-3-4-8-22)15(23)21-14-6-5-12(10-20-14)16(17,18)19/h3-8,10-11,13H,9H2,1-2H3,(H,20,21,23). The molecule has 2 heterocycles. The van der Waals surface area contributed by atoms with E-state index in [1.54, 1.807) is 17.0 Å². The number of halogens is 3. The lowest BCUT2D eigenvalue weighted by molar-refractivity contribution is -0.137. The highest BCUT2D eigenvalue weighted by molar-refractivity contribution is 5.92. The summed E-state index contributed by atoms with van der Waals surface area (Å²) >= 11 is 0. The summed E-state index contributed by atoms with van der Waals surface area (Å²) in [5, 5.41) is 2.58. The van der Waals surface area contributed by atoms with Gasteiger partial charge in [-0.3, -0.25) is 4.79 Å². The van der Waals surface area contributed by atoms with Gasteiger partial charge >= 0.3 is 6.18 Å². The third-order valence-electron chi connectivity index (χ3n) is 3.33. The molecule has 0 aliphatic rings. The number of hydrogen-bond acceptors (Lipinski definition) is 2. The zero-order valence-electron chi connectivity index (χ0n) is 12.8. The van der Waals surface area contributed by atoms with E-state index in [-0.39, 0.29) is 17.6 Å². The Balaban J connectivity index is 2.12. The van der Waals surface area contributed by atoms with Gasteiger partial charge < -0.3 is 9.88 Å². The highest BCUT2D eigenvalue weighted by atomic mass is 19.4. The molecule has 1 amide bonds. The molecule has 2 aromatic rings. The summed E-state index contributed by atoms with van der Waals surface area (Å²) < 4.78 is 39.3. The van der Waals surface area contributed by atoms with Crippen molar-refractivity contribution in [2.24, 2.45) is 5.92 Å². The molecule has 1 unspecified atom stereocenters. The Morgan fingerprint density at radius 2 is 1.91 bits per heavy atom. The van der Waals surface area contributed by atoms with Crippen molar-refractivity contribution in [1.29, 1.82) is 0 Å². The number of hydrogen-bond donors (Lipinski definition) is 1. The lowest BCUT2D eigenvalue weighted by atomic mass is 10.0. The zero-order valence-corrected chi connectivity index (χ0v) is 12.8. The fourth-order valence-electron chi connectivity index (χ4n) is 2.21. The molecule has 0 aliphatic carbocycles. The van der Waals surface area contributed by atoms with Crippen molar-refractivity contribution in [1.82, 2.24) is 9.55 Å². The van der Waals surface area contributed by atoms with Crippen LogP contribution in [0.1, 0.15) is 31.9 Å². The highest BCUT2D eigenvalue weighted by Crippen LogP contribution is 2.29.